The van der Waals surface area contributed by atoms with Gasteiger partial charge in [0.2, 0.25) is 5.91 Å². The smallest absolute Gasteiger partial charge is 0.234 e. The van der Waals surface area contributed by atoms with E-state index in [1.54, 1.807) is 29.9 Å². The van der Waals surface area contributed by atoms with Crippen LogP contribution in [0.5, 0.6) is 0 Å². The number of amides is 1. The fourth-order valence-corrected chi connectivity index (χ4v) is 2.63. The standard InChI is InChI=1S/C14H19N3O2S/c1-3-14(2,13-15-6-8-20-13)17-10-12(18)16-9-11-5-4-7-19-11/h4-8,17H,3,9-10H2,1-2H3,(H,16,18)/t14-/m0/s1. The van der Waals surface area contributed by atoms with Gasteiger partial charge < -0.3 is 9.73 Å². The van der Waals surface area contributed by atoms with Crippen LogP contribution in [0.1, 0.15) is 31.0 Å². The Morgan fingerprint density at radius 1 is 1.55 bits per heavy atom. The molecule has 0 saturated heterocycles. The van der Waals surface area contributed by atoms with Crippen molar-refractivity contribution in [3.05, 3.63) is 40.7 Å². The molecule has 2 aromatic rings. The zero-order valence-electron chi connectivity index (χ0n) is 11.7. The Labute approximate surface area is 122 Å². The first kappa shape index (κ1) is 14.7. The Hall–Kier alpha value is -1.66. The van der Waals surface area contributed by atoms with Crippen LogP contribution in [0.2, 0.25) is 0 Å². The molecular formula is C14H19N3O2S. The summed E-state index contributed by atoms with van der Waals surface area (Å²) in [4.78, 5) is 16.2. The first-order valence-electron chi connectivity index (χ1n) is 6.58. The fraction of sp³-hybridized carbons (Fsp3) is 0.429. The maximum absolute atomic E-state index is 11.8. The molecule has 5 nitrogen and oxygen atoms in total. The minimum atomic E-state index is -0.268. The van der Waals surface area contributed by atoms with Gasteiger partial charge in [-0.05, 0) is 25.5 Å². The number of aromatic nitrogens is 1. The third-order valence-corrected chi connectivity index (χ3v) is 4.33. The normalized spacial score (nSPS) is 13.9. The molecule has 108 valence electrons. The van der Waals surface area contributed by atoms with Crippen molar-refractivity contribution in [1.29, 1.82) is 0 Å². The molecule has 0 bridgehead atoms. The summed E-state index contributed by atoms with van der Waals surface area (Å²) in [5.41, 5.74) is -0.268. The van der Waals surface area contributed by atoms with Gasteiger partial charge in [0.25, 0.3) is 0 Å². The zero-order valence-corrected chi connectivity index (χ0v) is 12.5. The van der Waals surface area contributed by atoms with Gasteiger partial charge >= 0.3 is 0 Å². The Kier molecular flexibility index (Phi) is 4.92. The second-order valence-electron chi connectivity index (χ2n) is 4.73. The SMILES string of the molecule is CC[C@](C)(NCC(=O)NCc1ccco1)c1nccs1. The van der Waals surface area contributed by atoms with E-state index in [2.05, 4.69) is 29.5 Å². The first-order chi connectivity index (χ1) is 9.64. The van der Waals surface area contributed by atoms with Crippen LogP contribution in [0.3, 0.4) is 0 Å². The number of carbonyl (C=O) groups is 1. The molecule has 0 radical (unpaired) electrons. The van der Waals surface area contributed by atoms with Crippen LogP contribution in [-0.4, -0.2) is 17.4 Å². The highest BCUT2D eigenvalue weighted by molar-refractivity contribution is 7.09. The largest absolute Gasteiger partial charge is 0.467 e. The van der Waals surface area contributed by atoms with Crippen LogP contribution in [0.25, 0.3) is 0 Å². The lowest BCUT2D eigenvalue weighted by Gasteiger charge is -2.27. The molecule has 0 spiro atoms. The maximum atomic E-state index is 11.8. The van der Waals surface area contributed by atoms with E-state index in [-0.39, 0.29) is 18.0 Å². The number of furan rings is 1. The average molecular weight is 293 g/mol. The van der Waals surface area contributed by atoms with Gasteiger partial charge in [0.15, 0.2) is 0 Å². The number of hydrogen-bond acceptors (Lipinski definition) is 5. The quantitative estimate of drug-likeness (QED) is 0.822. The fourth-order valence-electron chi connectivity index (χ4n) is 1.78. The van der Waals surface area contributed by atoms with Gasteiger partial charge in [-0.1, -0.05) is 6.92 Å². The molecule has 6 heteroatoms. The van der Waals surface area contributed by atoms with Crippen LogP contribution in [0.4, 0.5) is 0 Å². The van der Waals surface area contributed by atoms with Gasteiger partial charge in [-0.15, -0.1) is 11.3 Å². The Bertz CT molecular complexity index is 525. The molecule has 20 heavy (non-hydrogen) atoms. The van der Waals surface area contributed by atoms with E-state index in [9.17, 15) is 4.79 Å². The van der Waals surface area contributed by atoms with Gasteiger partial charge in [-0.3, -0.25) is 10.1 Å². The molecule has 1 atom stereocenters. The van der Waals surface area contributed by atoms with Crippen molar-refractivity contribution >= 4 is 17.2 Å². The topological polar surface area (TPSA) is 67.2 Å². The maximum Gasteiger partial charge on any atom is 0.234 e. The van der Waals surface area contributed by atoms with Gasteiger partial charge in [-0.2, -0.15) is 0 Å². The van der Waals surface area contributed by atoms with E-state index >= 15 is 0 Å². The Morgan fingerprint density at radius 2 is 2.40 bits per heavy atom. The van der Waals surface area contributed by atoms with Crippen molar-refractivity contribution in [1.82, 2.24) is 15.6 Å². The van der Waals surface area contributed by atoms with Crippen molar-refractivity contribution in [2.45, 2.75) is 32.4 Å². The summed E-state index contributed by atoms with van der Waals surface area (Å²) in [5, 5.41) is 9.04. The minimum Gasteiger partial charge on any atom is -0.467 e. The number of hydrogen-bond donors (Lipinski definition) is 2. The van der Waals surface area contributed by atoms with E-state index in [4.69, 9.17) is 4.42 Å². The molecule has 0 aromatic carbocycles. The molecule has 0 aliphatic heterocycles. The summed E-state index contributed by atoms with van der Waals surface area (Å²) in [6.45, 7) is 4.80. The van der Waals surface area contributed by atoms with Crippen LogP contribution < -0.4 is 10.6 Å². The summed E-state index contributed by atoms with van der Waals surface area (Å²) < 4.78 is 5.17. The van der Waals surface area contributed by atoms with Gasteiger partial charge in [0.05, 0.1) is 24.9 Å². The van der Waals surface area contributed by atoms with E-state index in [0.717, 1.165) is 17.2 Å². The molecule has 0 unspecified atom stereocenters. The molecule has 1 amide bonds. The minimum absolute atomic E-state index is 0.0577. The van der Waals surface area contributed by atoms with Crippen molar-refractivity contribution < 1.29 is 9.21 Å². The summed E-state index contributed by atoms with van der Waals surface area (Å²) in [6.07, 6.45) is 4.24. The predicted molar refractivity (Wildman–Crippen MR) is 78.3 cm³/mol. The summed E-state index contributed by atoms with van der Waals surface area (Å²) >= 11 is 1.60. The molecule has 2 aromatic heterocycles. The lowest BCUT2D eigenvalue weighted by molar-refractivity contribution is -0.120. The molecule has 0 aliphatic rings. The third kappa shape index (κ3) is 3.68. The van der Waals surface area contributed by atoms with Crippen LogP contribution >= 0.6 is 11.3 Å². The second-order valence-corrected chi connectivity index (χ2v) is 5.63. The lowest BCUT2D eigenvalue weighted by atomic mass is 10.00. The number of thiazole rings is 1. The van der Waals surface area contributed by atoms with Gasteiger partial charge in [-0.25, -0.2) is 4.98 Å². The van der Waals surface area contributed by atoms with Gasteiger partial charge in [0, 0.05) is 11.6 Å². The van der Waals surface area contributed by atoms with E-state index in [0.29, 0.717) is 6.54 Å². The Balaban J connectivity index is 1.82. The highest BCUT2D eigenvalue weighted by Crippen LogP contribution is 2.25. The molecule has 0 aliphatic carbocycles. The van der Waals surface area contributed by atoms with E-state index < -0.39 is 0 Å². The monoisotopic (exact) mass is 293 g/mol. The van der Waals surface area contributed by atoms with E-state index in [1.807, 2.05) is 11.4 Å². The average Bonchev–Trinajstić information content (AvgIpc) is 3.14. The predicted octanol–water partition coefficient (Wildman–Crippen LogP) is 2.27. The van der Waals surface area contributed by atoms with Crippen molar-refractivity contribution in [3.8, 4) is 0 Å². The van der Waals surface area contributed by atoms with Crippen LogP contribution in [0.15, 0.2) is 34.4 Å². The summed E-state index contributed by atoms with van der Waals surface area (Å²) in [5.74, 6) is 0.689. The number of carbonyl (C=O) groups excluding carboxylic acids is 1. The summed E-state index contributed by atoms with van der Waals surface area (Å²) in [7, 11) is 0. The third-order valence-electron chi connectivity index (χ3n) is 3.29. The molecule has 0 saturated carbocycles. The zero-order chi connectivity index (χ0) is 14.4. The highest BCUT2D eigenvalue weighted by Gasteiger charge is 2.27. The highest BCUT2D eigenvalue weighted by atomic mass is 32.1. The number of rotatable bonds is 7. The first-order valence-corrected chi connectivity index (χ1v) is 7.46. The van der Waals surface area contributed by atoms with Crippen molar-refractivity contribution in [2.75, 3.05) is 6.54 Å². The van der Waals surface area contributed by atoms with Gasteiger partial charge in [0.1, 0.15) is 10.8 Å². The molecule has 2 rings (SSSR count). The van der Waals surface area contributed by atoms with Crippen LogP contribution in [-0.2, 0) is 16.9 Å². The number of nitrogens with zero attached hydrogens (tertiary/aromatic N) is 1. The Morgan fingerprint density at radius 3 is 3.00 bits per heavy atom. The van der Waals surface area contributed by atoms with E-state index in [1.165, 1.54) is 0 Å². The molecular weight excluding hydrogens is 274 g/mol. The van der Waals surface area contributed by atoms with Crippen molar-refractivity contribution in [2.24, 2.45) is 0 Å². The lowest BCUT2D eigenvalue weighted by Crippen LogP contribution is -2.44. The number of nitrogens with one attached hydrogen (secondary N) is 2. The summed E-state index contributed by atoms with van der Waals surface area (Å²) in [6, 6.07) is 3.63. The molecule has 2 heterocycles. The molecule has 0 fully saturated rings. The van der Waals surface area contributed by atoms with Crippen LogP contribution in [0, 0.1) is 0 Å². The van der Waals surface area contributed by atoms with Crippen molar-refractivity contribution in [3.63, 3.8) is 0 Å². The second kappa shape index (κ2) is 6.67. The molecule has 2 N–H and O–H groups in total.